The number of methoxy groups -OCH3 is 1. The summed E-state index contributed by atoms with van der Waals surface area (Å²) < 4.78 is 10.4. The number of nitrogens with one attached hydrogen (secondary N) is 1. The fraction of sp³-hybridized carbons (Fsp3) is 0.562. The highest BCUT2D eigenvalue weighted by atomic mass is 32.2. The van der Waals surface area contributed by atoms with Gasteiger partial charge in [0.25, 0.3) is 0 Å². The quantitative estimate of drug-likeness (QED) is 0.431. The van der Waals surface area contributed by atoms with Crippen LogP contribution in [0.25, 0.3) is 0 Å². The fourth-order valence-corrected chi connectivity index (χ4v) is 2.94. The van der Waals surface area contributed by atoms with Gasteiger partial charge in [0.2, 0.25) is 0 Å². The number of benzene rings is 1. The average Bonchev–Trinajstić information content (AvgIpc) is 2.51. The second-order valence-electron chi connectivity index (χ2n) is 4.91. The summed E-state index contributed by atoms with van der Waals surface area (Å²) in [6, 6.07) is 7.97. The van der Waals surface area contributed by atoms with Crippen molar-refractivity contribution >= 4 is 17.7 Å². The molecular weight excluding hydrogens is 286 g/mol. The van der Waals surface area contributed by atoms with Crippen LogP contribution in [0, 0.1) is 0 Å². The van der Waals surface area contributed by atoms with Gasteiger partial charge < -0.3 is 14.8 Å². The van der Waals surface area contributed by atoms with Crippen molar-refractivity contribution in [2.45, 2.75) is 37.1 Å². The number of carbonyl (C=O) groups excluding carboxylic acids is 1. The highest BCUT2D eigenvalue weighted by Crippen LogP contribution is 2.30. The number of hydrogen-bond donors (Lipinski definition) is 1. The summed E-state index contributed by atoms with van der Waals surface area (Å²) in [5, 5.41) is 3.08. The van der Waals surface area contributed by atoms with Crippen LogP contribution in [0.2, 0.25) is 0 Å². The lowest BCUT2D eigenvalue weighted by atomic mass is 9.97. The molecule has 118 valence electrons. The molecule has 1 aromatic carbocycles. The Morgan fingerprint density at radius 2 is 2.10 bits per heavy atom. The largest absolute Gasteiger partial charge is 0.496 e. The maximum Gasteiger partial charge on any atom is 0.326 e. The van der Waals surface area contributed by atoms with Gasteiger partial charge in [-0.1, -0.05) is 12.1 Å². The molecule has 0 fully saturated rings. The molecule has 0 saturated carbocycles. The summed E-state index contributed by atoms with van der Waals surface area (Å²) in [7, 11) is 3.47. The van der Waals surface area contributed by atoms with Crippen LogP contribution in [0.15, 0.2) is 29.2 Å². The first-order chi connectivity index (χ1) is 10.1. The molecule has 1 N–H and O–H groups in total. The van der Waals surface area contributed by atoms with Crippen molar-refractivity contribution in [1.82, 2.24) is 5.32 Å². The van der Waals surface area contributed by atoms with Crippen molar-refractivity contribution in [2.75, 3.05) is 26.5 Å². The molecule has 0 aliphatic rings. The maximum absolute atomic E-state index is 11.9. The standard InChI is InChI=1S/C16H25NO3S/c1-5-20-15(18)16(2,17-3)11-8-12-21-14-10-7-6-9-13(14)19-4/h6-7,9-10,17H,5,8,11-12H2,1-4H3. The molecule has 0 spiro atoms. The van der Waals surface area contributed by atoms with Crippen molar-refractivity contribution < 1.29 is 14.3 Å². The smallest absolute Gasteiger partial charge is 0.326 e. The summed E-state index contributed by atoms with van der Waals surface area (Å²) in [6.45, 7) is 4.12. The summed E-state index contributed by atoms with van der Waals surface area (Å²) in [5.41, 5.74) is -0.614. The monoisotopic (exact) mass is 311 g/mol. The molecule has 0 radical (unpaired) electrons. The van der Waals surface area contributed by atoms with E-state index in [-0.39, 0.29) is 5.97 Å². The van der Waals surface area contributed by atoms with Gasteiger partial charge in [0.15, 0.2) is 0 Å². The fourth-order valence-electron chi connectivity index (χ4n) is 1.97. The number of likely N-dealkylation sites (N-methyl/N-ethyl adjacent to an activating group) is 1. The summed E-state index contributed by atoms with van der Waals surface area (Å²) in [6.07, 6.45) is 1.66. The Hall–Kier alpha value is -1.20. The van der Waals surface area contributed by atoms with Gasteiger partial charge in [-0.15, -0.1) is 11.8 Å². The Morgan fingerprint density at radius 1 is 1.38 bits per heavy atom. The van der Waals surface area contributed by atoms with E-state index in [9.17, 15) is 4.79 Å². The van der Waals surface area contributed by atoms with Crippen molar-refractivity contribution in [3.8, 4) is 5.75 Å². The lowest BCUT2D eigenvalue weighted by Crippen LogP contribution is -2.48. The van der Waals surface area contributed by atoms with E-state index in [4.69, 9.17) is 9.47 Å². The normalized spacial score (nSPS) is 13.5. The van der Waals surface area contributed by atoms with Crippen LogP contribution in [0.5, 0.6) is 5.75 Å². The predicted molar refractivity (Wildman–Crippen MR) is 87.0 cm³/mol. The second-order valence-corrected chi connectivity index (χ2v) is 6.04. The summed E-state index contributed by atoms with van der Waals surface area (Å²) in [4.78, 5) is 13.1. The van der Waals surface area contributed by atoms with Crippen LogP contribution in [0.1, 0.15) is 26.7 Å². The molecule has 0 aliphatic heterocycles. The van der Waals surface area contributed by atoms with E-state index in [2.05, 4.69) is 5.32 Å². The van der Waals surface area contributed by atoms with E-state index in [1.54, 1.807) is 25.9 Å². The van der Waals surface area contributed by atoms with Crippen LogP contribution in [-0.4, -0.2) is 38.0 Å². The molecule has 5 heteroatoms. The van der Waals surface area contributed by atoms with E-state index < -0.39 is 5.54 Å². The Balaban J connectivity index is 2.47. The summed E-state index contributed by atoms with van der Waals surface area (Å²) >= 11 is 1.74. The van der Waals surface area contributed by atoms with Crippen LogP contribution >= 0.6 is 11.8 Å². The average molecular weight is 311 g/mol. The topological polar surface area (TPSA) is 47.6 Å². The number of esters is 1. The molecule has 4 nitrogen and oxygen atoms in total. The van der Waals surface area contributed by atoms with Gasteiger partial charge in [0.1, 0.15) is 11.3 Å². The lowest BCUT2D eigenvalue weighted by molar-refractivity contribution is -0.150. The van der Waals surface area contributed by atoms with Crippen LogP contribution in [-0.2, 0) is 9.53 Å². The van der Waals surface area contributed by atoms with Gasteiger partial charge >= 0.3 is 5.97 Å². The van der Waals surface area contributed by atoms with Crippen LogP contribution in [0.4, 0.5) is 0 Å². The SMILES string of the molecule is CCOC(=O)C(C)(CCCSc1ccccc1OC)NC. The minimum Gasteiger partial charge on any atom is -0.496 e. The third-order valence-electron chi connectivity index (χ3n) is 3.43. The molecule has 0 bridgehead atoms. The molecule has 1 atom stereocenters. The molecule has 0 saturated heterocycles. The number of para-hydroxylation sites is 1. The molecule has 0 aromatic heterocycles. The Labute approximate surface area is 131 Å². The third-order valence-corrected chi connectivity index (χ3v) is 4.57. The van der Waals surface area contributed by atoms with Crippen LogP contribution in [0.3, 0.4) is 0 Å². The first kappa shape index (κ1) is 17.9. The van der Waals surface area contributed by atoms with E-state index in [1.807, 2.05) is 38.1 Å². The van der Waals surface area contributed by atoms with E-state index in [1.165, 1.54) is 0 Å². The van der Waals surface area contributed by atoms with Gasteiger partial charge in [0.05, 0.1) is 13.7 Å². The van der Waals surface area contributed by atoms with Crippen molar-refractivity contribution in [3.63, 3.8) is 0 Å². The lowest BCUT2D eigenvalue weighted by Gasteiger charge is -2.26. The molecule has 0 aliphatic carbocycles. The van der Waals surface area contributed by atoms with Gasteiger partial charge in [-0.05, 0) is 51.6 Å². The zero-order chi connectivity index (χ0) is 15.7. The highest BCUT2D eigenvalue weighted by molar-refractivity contribution is 7.99. The van der Waals surface area contributed by atoms with E-state index >= 15 is 0 Å². The predicted octanol–water partition coefficient (Wildman–Crippen LogP) is 3.11. The van der Waals surface area contributed by atoms with Crippen molar-refractivity contribution in [2.24, 2.45) is 0 Å². The highest BCUT2D eigenvalue weighted by Gasteiger charge is 2.32. The third kappa shape index (κ3) is 5.25. The number of hydrogen-bond acceptors (Lipinski definition) is 5. The van der Waals surface area contributed by atoms with E-state index in [0.717, 1.165) is 29.2 Å². The van der Waals surface area contributed by atoms with Gasteiger partial charge in [0, 0.05) is 4.90 Å². The molecule has 1 unspecified atom stereocenters. The second kappa shape index (κ2) is 8.95. The van der Waals surface area contributed by atoms with Crippen molar-refractivity contribution in [1.29, 1.82) is 0 Å². The Bertz CT molecular complexity index is 453. The number of thioether (sulfide) groups is 1. The first-order valence-corrected chi connectivity index (χ1v) is 8.18. The minimum absolute atomic E-state index is 0.185. The number of rotatable bonds is 9. The first-order valence-electron chi connectivity index (χ1n) is 7.19. The molecule has 0 heterocycles. The zero-order valence-corrected chi connectivity index (χ0v) is 14.1. The van der Waals surface area contributed by atoms with Gasteiger partial charge in [-0.25, -0.2) is 0 Å². The molecule has 1 aromatic rings. The maximum atomic E-state index is 11.9. The zero-order valence-electron chi connectivity index (χ0n) is 13.3. The van der Waals surface area contributed by atoms with Crippen LogP contribution < -0.4 is 10.1 Å². The molecule has 1 rings (SSSR count). The number of carbonyl (C=O) groups is 1. The molecular formula is C16H25NO3S. The summed E-state index contributed by atoms with van der Waals surface area (Å²) in [5.74, 6) is 1.64. The van der Waals surface area contributed by atoms with Crippen molar-refractivity contribution in [3.05, 3.63) is 24.3 Å². The van der Waals surface area contributed by atoms with Gasteiger partial charge in [-0.3, -0.25) is 4.79 Å². The number of ether oxygens (including phenoxy) is 2. The van der Waals surface area contributed by atoms with E-state index in [0.29, 0.717) is 6.61 Å². The minimum atomic E-state index is -0.614. The Kier molecular flexibility index (Phi) is 7.61. The molecule has 0 amide bonds. The van der Waals surface area contributed by atoms with Gasteiger partial charge in [-0.2, -0.15) is 0 Å². The molecule has 21 heavy (non-hydrogen) atoms. The Morgan fingerprint density at radius 3 is 2.71 bits per heavy atom.